The molecule has 1 rings (SSSR count). The van der Waals surface area contributed by atoms with Gasteiger partial charge < -0.3 is 14.2 Å². The number of carbonyl (C=O) groups excluding carboxylic acids is 2. The summed E-state index contributed by atoms with van der Waals surface area (Å²) in [6.07, 6.45) is 0. The van der Waals surface area contributed by atoms with Crippen LogP contribution in [0.3, 0.4) is 0 Å². The van der Waals surface area contributed by atoms with E-state index in [0.717, 1.165) is 0 Å². The molecule has 1 saturated heterocycles. The number of hydrogen-bond acceptors (Lipinski definition) is 6. The van der Waals surface area contributed by atoms with Crippen LogP contribution in [0.4, 0.5) is 0 Å². The van der Waals surface area contributed by atoms with Gasteiger partial charge >= 0.3 is 11.9 Å². The third-order valence-electron chi connectivity index (χ3n) is 3.46. The molecule has 104 valence electrons. The van der Waals surface area contributed by atoms with Gasteiger partial charge in [0, 0.05) is 12.6 Å². The predicted molar refractivity (Wildman–Crippen MR) is 64.0 cm³/mol. The molecule has 3 atom stereocenters. The second-order valence-corrected chi connectivity index (χ2v) is 4.40. The van der Waals surface area contributed by atoms with Crippen molar-refractivity contribution in [2.75, 3.05) is 34.0 Å². The highest BCUT2D eigenvalue weighted by Crippen LogP contribution is 2.19. The van der Waals surface area contributed by atoms with Crippen LogP contribution < -0.4 is 0 Å². The lowest BCUT2D eigenvalue weighted by Crippen LogP contribution is -2.56. The Labute approximate surface area is 107 Å². The van der Waals surface area contributed by atoms with E-state index in [4.69, 9.17) is 14.2 Å². The molecule has 3 unspecified atom stereocenters. The Kier molecular flexibility index (Phi) is 5.55. The number of ether oxygens (including phenoxy) is 3. The lowest BCUT2D eigenvalue weighted by molar-refractivity contribution is -0.160. The van der Waals surface area contributed by atoms with Crippen LogP contribution >= 0.6 is 0 Å². The second kappa shape index (κ2) is 6.70. The van der Waals surface area contributed by atoms with E-state index in [-0.39, 0.29) is 23.9 Å². The summed E-state index contributed by atoms with van der Waals surface area (Å²) in [5, 5.41) is 0. The minimum absolute atomic E-state index is 0.106. The van der Waals surface area contributed by atoms with Gasteiger partial charge in [0.2, 0.25) is 0 Å². The van der Waals surface area contributed by atoms with E-state index in [1.807, 2.05) is 11.8 Å². The van der Waals surface area contributed by atoms with E-state index in [1.165, 1.54) is 14.2 Å². The number of carbonyl (C=O) groups is 2. The first-order chi connectivity index (χ1) is 8.52. The maximum atomic E-state index is 11.7. The molecular weight excluding hydrogens is 238 g/mol. The summed E-state index contributed by atoms with van der Waals surface area (Å²) in [5.41, 5.74) is 0. The van der Waals surface area contributed by atoms with Gasteiger partial charge in [-0.2, -0.15) is 0 Å². The minimum atomic E-state index is -0.453. The van der Waals surface area contributed by atoms with Crippen LogP contribution in [0, 0.1) is 5.92 Å². The molecule has 0 aromatic rings. The fourth-order valence-electron chi connectivity index (χ4n) is 2.11. The van der Waals surface area contributed by atoms with Gasteiger partial charge in [0.05, 0.1) is 33.4 Å². The molecular formula is C12H21NO5. The maximum absolute atomic E-state index is 11.7. The van der Waals surface area contributed by atoms with Crippen molar-refractivity contribution < 1.29 is 23.8 Å². The van der Waals surface area contributed by atoms with E-state index >= 15 is 0 Å². The van der Waals surface area contributed by atoms with Crippen molar-refractivity contribution in [1.82, 2.24) is 4.90 Å². The minimum Gasteiger partial charge on any atom is -0.469 e. The molecule has 1 aliphatic rings. The summed E-state index contributed by atoms with van der Waals surface area (Å²) in [7, 11) is 2.71. The van der Waals surface area contributed by atoms with Crippen molar-refractivity contribution in [3.8, 4) is 0 Å². The maximum Gasteiger partial charge on any atom is 0.325 e. The van der Waals surface area contributed by atoms with Gasteiger partial charge in [0.1, 0.15) is 6.04 Å². The first kappa shape index (κ1) is 14.9. The summed E-state index contributed by atoms with van der Waals surface area (Å²) in [6.45, 7) is 5.14. The summed E-state index contributed by atoms with van der Waals surface area (Å²) in [4.78, 5) is 25.2. The van der Waals surface area contributed by atoms with Crippen LogP contribution in [0.5, 0.6) is 0 Å². The zero-order valence-corrected chi connectivity index (χ0v) is 11.3. The monoisotopic (exact) mass is 259 g/mol. The van der Waals surface area contributed by atoms with Gasteiger partial charge in [-0.15, -0.1) is 0 Å². The molecule has 0 aromatic heterocycles. The first-order valence-corrected chi connectivity index (χ1v) is 6.02. The lowest BCUT2D eigenvalue weighted by atomic mass is 10.00. The van der Waals surface area contributed by atoms with Crippen LogP contribution in [0.2, 0.25) is 0 Å². The Balaban J connectivity index is 2.76. The normalized spacial score (nSPS) is 24.1. The topological polar surface area (TPSA) is 65.1 Å². The fraction of sp³-hybridized carbons (Fsp3) is 0.833. The molecule has 6 heteroatoms. The third-order valence-corrected chi connectivity index (χ3v) is 3.46. The number of esters is 2. The summed E-state index contributed by atoms with van der Waals surface area (Å²) in [5.74, 6) is -0.920. The smallest absolute Gasteiger partial charge is 0.325 e. The van der Waals surface area contributed by atoms with E-state index in [0.29, 0.717) is 19.8 Å². The van der Waals surface area contributed by atoms with Gasteiger partial charge in [-0.3, -0.25) is 14.5 Å². The molecule has 0 radical (unpaired) electrons. The van der Waals surface area contributed by atoms with Crippen molar-refractivity contribution in [3.63, 3.8) is 0 Å². The standard InChI is InChI=1S/C12H21NO5/c1-8(11(14)16-3)9(2)13-5-6-18-7-10(13)12(15)17-4/h8-10H,5-7H2,1-4H3. The first-order valence-electron chi connectivity index (χ1n) is 6.02. The number of rotatable bonds is 4. The average Bonchev–Trinajstić information content (AvgIpc) is 2.43. The third kappa shape index (κ3) is 3.20. The van der Waals surface area contributed by atoms with Crippen molar-refractivity contribution in [2.24, 2.45) is 5.92 Å². The summed E-state index contributed by atoms with van der Waals surface area (Å²) in [6, 6.07) is -0.559. The Morgan fingerprint density at radius 1 is 1.28 bits per heavy atom. The van der Waals surface area contributed by atoms with Crippen molar-refractivity contribution >= 4 is 11.9 Å². The van der Waals surface area contributed by atoms with E-state index in [2.05, 4.69) is 0 Å². The number of nitrogens with zero attached hydrogens (tertiary/aromatic N) is 1. The SMILES string of the molecule is COC(=O)C(C)C(C)N1CCOCC1C(=O)OC. The number of methoxy groups -OCH3 is 2. The van der Waals surface area contributed by atoms with Gasteiger partial charge in [-0.05, 0) is 6.92 Å². The molecule has 0 bridgehead atoms. The Morgan fingerprint density at radius 2 is 1.94 bits per heavy atom. The van der Waals surface area contributed by atoms with Gasteiger partial charge in [-0.1, -0.05) is 6.92 Å². The van der Waals surface area contributed by atoms with Crippen LogP contribution in [0.25, 0.3) is 0 Å². The van der Waals surface area contributed by atoms with E-state index in [9.17, 15) is 9.59 Å². The highest BCUT2D eigenvalue weighted by atomic mass is 16.5. The Hall–Kier alpha value is -1.14. The molecule has 0 saturated carbocycles. The molecule has 0 N–H and O–H groups in total. The van der Waals surface area contributed by atoms with Gasteiger partial charge in [0.25, 0.3) is 0 Å². The molecule has 0 aromatic carbocycles. The number of morpholine rings is 1. The predicted octanol–water partition coefficient (Wildman–Crippen LogP) is 0.0578. The number of hydrogen-bond donors (Lipinski definition) is 0. The van der Waals surface area contributed by atoms with E-state index < -0.39 is 6.04 Å². The summed E-state index contributed by atoms with van der Waals surface area (Å²) < 4.78 is 14.8. The molecule has 1 aliphatic heterocycles. The van der Waals surface area contributed by atoms with Gasteiger partial charge in [-0.25, -0.2) is 0 Å². The summed E-state index contributed by atoms with van der Waals surface area (Å²) >= 11 is 0. The molecule has 6 nitrogen and oxygen atoms in total. The molecule has 1 fully saturated rings. The van der Waals surface area contributed by atoms with Crippen molar-refractivity contribution in [2.45, 2.75) is 25.9 Å². The van der Waals surface area contributed by atoms with Crippen LogP contribution in [0.1, 0.15) is 13.8 Å². The van der Waals surface area contributed by atoms with Crippen molar-refractivity contribution in [1.29, 1.82) is 0 Å². The molecule has 0 amide bonds. The second-order valence-electron chi connectivity index (χ2n) is 4.40. The highest BCUT2D eigenvalue weighted by Gasteiger charge is 2.37. The van der Waals surface area contributed by atoms with Crippen LogP contribution in [0.15, 0.2) is 0 Å². The van der Waals surface area contributed by atoms with Crippen molar-refractivity contribution in [3.05, 3.63) is 0 Å². The zero-order chi connectivity index (χ0) is 13.7. The zero-order valence-electron chi connectivity index (χ0n) is 11.3. The van der Waals surface area contributed by atoms with Crippen LogP contribution in [-0.2, 0) is 23.8 Å². The van der Waals surface area contributed by atoms with E-state index in [1.54, 1.807) is 6.92 Å². The molecule has 0 spiro atoms. The molecule has 1 heterocycles. The molecule has 0 aliphatic carbocycles. The molecule has 18 heavy (non-hydrogen) atoms. The fourth-order valence-corrected chi connectivity index (χ4v) is 2.11. The quantitative estimate of drug-likeness (QED) is 0.665. The lowest BCUT2D eigenvalue weighted by Gasteiger charge is -2.39. The Morgan fingerprint density at radius 3 is 2.50 bits per heavy atom. The van der Waals surface area contributed by atoms with Crippen LogP contribution in [-0.4, -0.2) is 62.9 Å². The largest absolute Gasteiger partial charge is 0.469 e. The Bertz CT molecular complexity index is 307. The van der Waals surface area contributed by atoms with Gasteiger partial charge in [0.15, 0.2) is 0 Å². The highest BCUT2D eigenvalue weighted by molar-refractivity contribution is 5.76. The average molecular weight is 259 g/mol.